The Hall–Kier alpha value is -3.48. The van der Waals surface area contributed by atoms with Gasteiger partial charge >= 0.3 is 5.97 Å². The van der Waals surface area contributed by atoms with Crippen LogP contribution in [0.5, 0.6) is 0 Å². The van der Waals surface area contributed by atoms with Gasteiger partial charge in [-0.1, -0.05) is 45.0 Å². The van der Waals surface area contributed by atoms with E-state index in [-0.39, 0.29) is 5.41 Å². The first-order valence-corrected chi connectivity index (χ1v) is 8.88. The Balaban J connectivity index is 1.82. The molecule has 3 rings (SSSR count). The van der Waals surface area contributed by atoms with E-state index in [9.17, 15) is 4.79 Å². The van der Waals surface area contributed by atoms with Crippen LogP contribution in [-0.2, 0) is 10.2 Å². The van der Waals surface area contributed by atoms with Crippen LogP contribution in [0, 0.1) is 0 Å². The van der Waals surface area contributed by atoms with Gasteiger partial charge in [0, 0.05) is 11.4 Å². The van der Waals surface area contributed by atoms with Crippen molar-refractivity contribution in [2.24, 2.45) is 0 Å². The number of anilines is 4. The molecule has 1 aromatic heterocycles. The minimum atomic E-state index is -0.406. The summed E-state index contributed by atoms with van der Waals surface area (Å²) >= 11 is 0. The molecule has 0 bridgehead atoms. The molecule has 0 saturated heterocycles. The standard InChI is InChI=1S/C21H23N5O2/c1-21(2,3)16-10-5-6-11-17(16)24-18-13-22-26-20(25-18)23-15-9-7-8-14(12-15)19(27)28-4/h5-13H,1-4H3,(H2,23,24,25,26). The first-order valence-electron chi connectivity index (χ1n) is 8.88. The monoisotopic (exact) mass is 377 g/mol. The van der Waals surface area contributed by atoms with Gasteiger partial charge in [-0.3, -0.25) is 0 Å². The van der Waals surface area contributed by atoms with E-state index in [1.54, 1.807) is 24.4 Å². The maximum Gasteiger partial charge on any atom is 0.337 e. The normalized spacial score (nSPS) is 11.0. The van der Waals surface area contributed by atoms with Crippen molar-refractivity contribution in [1.29, 1.82) is 0 Å². The van der Waals surface area contributed by atoms with E-state index < -0.39 is 5.97 Å². The Morgan fingerprint density at radius 1 is 1.04 bits per heavy atom. The van der Waals surface area contributed by atoms with Gasteiger partial charge in [0.05, 0.1) is 18.9 Å². The van der Waals surface area contributed by atoms with Crippen molar-refractivity contribution in [2.75, 3.05) is 17.7 Å². The van der Waals surface area contributed by atoms with Crippen LogP contribution in [0.25, 0.3) is 0 Å². The summed E-state index contributed by atoms with van der Waals surface area (Å²) in [7, 11) is 1.35. The number of aromatic nitrogens is 3. The molecule has 0 unspecified atom stereocenters. The van der Waals surface area contributed by atoms with Crippen molar-refractivity contribution < 1.29 is 9.53 Å². The molecule has 0 spiro atoms. The quantitative estimate of drug-likeness (QED) is 0.635. The number of carbonyl (C=O) groups is 1. The number of rotatable bonds is 5. The highest BCUT2D eigenvalue weighted by Gasteiger charge is 2.18. The van der Waals surface area contributed by atoms with Crippen LogP contribution in [0.4, 0.5) is 23.1 Å². The lowest BCUT2D eigenvalue weighted by Crippen LogP contribution is -2.14. The average molecular weight is 377 g/mol. The maximum absolute atomic E-state index is 11.7. The fraction of sp³-hybridized carbons (Fsp3) is 0.238. The van der Waals surface area contributed by atoms with Crippen molar-refractivity contribution >= 4 is 29.1 Å². The minimum Gasteiger partial charge on any atom is -0.465 e. The van der Waals surface area contributed by atoms with Gasteiger partial charge in [-0.15, -0.1) is 5.10 Å². The number of methoxy groups -OCH3 is 1. The summed E-state index contributed by atoms with van der Waals surface area (Å²) in [5.74, 6) is 0.482. The summed E-state index contributed by atoms with van der Waals surface area (Å²) in [6.07, 6.45) is 1.56. The van der Waals surface area contributed by atoms with E-state index in [0.717, 1.165) is 5.69 Å². The molecule has 0 aliphatic carbocycles. The maximum atomic E-state index is 11.7. The van der Waals surface area contributed by atoms with Gasteiger partial charge in [-0.25, -0.2) is 4.79 Å². The van der Waals surface area contributed by atoms with Crippen molar-refractivity contribution in [2.45, 2.75) is 26.2 Å². The second kappa shape index (κ2) is 8.04. The SMILES string of the molecule is COC(=O)c1cccc(Nc2nncc(Nc3ccccc3C(C)(C)C)n2)c1. The third kappa shape index (κ3) is 4.62. The van der Waals surface area contributed by atoms with Gasteiger partial charge < -0.3 is 15.4 Å². The van der Waals surface area contributed by atoms with Crippen LogP contribution >= 0.6 is 0 Å². The van der Waals surface area contributed by atoms with Crippen molar-refractivity contribution in [1.82, 2.24) is 15.2 Å². The third-order valence-corrected chi connectivity index (χ3v) is 4.10. The molecule has 2 N–H and O–H groups in total. The van der Waals surface area contributed by atoms with E-state index in [4.69, 9.17) is 4.74 Å². The van der Waals surface area contributed by atoms with Crippen molar-refractivity contribution in [3.63, 3.8) is 0 Å². The molecule has 0 atom stereocenters. The Morgan fingerprint density at radius 3 is 2.57 bits per heavy atom. The molecule has 0 aliphatic rings. The zero-order valence-corrected chi connectivity index (χ0v) is 16.4. The van der Waals surface area contributed by atoms with Crippen LogP contribution in [0.2, 0.25) is 0 Å². The van der Waals surface area contributed by atoms with Crippen molar-refractivity contribution in [3.05, 3.63) is 65.9 Å². The van der Waals surface area contributed by atoms with Crippen LogP contribution in [-0.4, -0.2) is 28.3 Å². The van der Waals surface area contributed by atoms with Crippen molar-refractivity contribution in [3.8, 4) is 0 Å². The number of hydrogen-bond donors (Lipinski definition) is 2. The smallest absolute Gasteiger partial charge is 0.337 e. The first-order chi connectivity index (χ1) is 13.4. The molecule has 0 radical (unpaired) electrons. The number of hydrogen-bond acceptors (Lipinski definition) is 7. The molecule has 0 aliphatic heterocycles. The summed E-state index contributed by atoms with van der Waals surface area (Å²) in [6.45, 7) is 6.48. The van der Waals surface area contributed by atoms with E-state index in [1.807, 2.05) is 24.3 Å². The molecule has 0 amide bonds. The molecule has 3 aromatic rings. The molecule has 2 aromatic carbocycles. The number of esters is 1. The average Bonchev–Trinajstić information content (AvgIpc) is 2.67. The van der Waals surface area contributed by atoms with E-state index in [1.165, 1.54) is 12.7 Å². The zero-order valence-electron chi connectivity index (χ0n) is 16.4. The summed E-state index contributed by atoms with van der Waals surface area (Å²) in [5.41, 5.74) is 3.23. The molecule has 7 heteroatoms. The summed E-state index contributed by atoms with van der Waals surface area (Å²) in [4.78, 5) is 16.2. The predicted molar refractivity (Wildman–Crippen MR) is 109 cm³/mol. The third-order valence-electron chi connectivity index (χ3n) is 4.10. The lowest BCUT2D eigenvalue weighted by Gasteiger charge is -2.23. The van der Waals surface area contributed by atoms with Crippen LogP contribution in [0.1, 0.15) is 36.7 Å². The van der Waals surface area contributed by atoms with Crippen LogP contribution in [0.15, 0.2) is 54.7 Å². The van der Waals surface area contributed by atoms with Gasteiger partial charge in [-0.05, 0) is 35.2 Å². The fourth-order valence-electron chi connectivity index (χ4n) is 2.77. The predicted octanol–water partition coefficient (Wildman–Crippen LogP) is 4.44. The summed E-state index contributed by atoms with van der Waals surface area (Å²) < 4.78 is 4.75. The lowest BCUT2D eigenvalue weighted by atomic mass is 9.86. The Morgan fingerprint density at radius 2 is 1.82 bits per heavy atom. The van der Waals surface area contributed by atoms with E-state index >= 15 is 0 Å². The largest absolute Gasteiger partial charge is 0.465 e. The van der Waals surface area contributed by atoms with Crippen LogP contribution in [0.3, 0.4) is 0 Å². The summed E-state index contributed by atoms with van der Waals surface area (Å²) in [5, 5.41) is 14.4. The Labute approximate surface area is 164 Å². The van der Waals surface area contributed by atoms with Crippen LogP contribution < -0.4 is 10.6 Å². The van der Waals surface area contributed by atoms with E-state index in [2.05, 4.69) is 52.7 Å². The zero-order chi connectivity index (χ0) is 20.1. The highest BCUT2D eigenvalue weighted by Crippen LogP contribution is 2.30. The first kappa shape index (κ1) is 19.3. The molecule has 0 saturated carbocycles. The van der Waals surface area contributed by atoms with E-state index in [0.29, 0.717) is 23.0 Å². The van der Waals surface area contributed by atoms with Gasteiger partial charge in [-0.2, -0.15) is 10.1 Å². The topological polar surface area (TPSA) is 89.0 Å². The molecular weight excluding hydrogens is 354 g/mol. The van der Waals surface area contributed by atoms with Gasteiger partial charge in [0.2, 0.25) is 5.95 Å². The molecule has 28 heavy (non-hydrogen) atoms. The number of ether oxygens (including phenoxy) is 1. The Kier molecular flexibility index (Phi) is 5.54. The van der Waals surface area contributed by atoms with Gasteiger partial charge in [0.25, 0.3) is 0 Å². The second-order valence-corrected chi connectivity index (χ2v) is 7.28. The number of para-hydroxylation sites is 1. The Bertz CT molecular complexity index is 982. The number of benzene rings is 2. The molecule has 1 heterocycles. The number of carbonyl (C=O) groups excluding carboxylic acids is 1. The molecule has 144 valence electrons. The highest BCUT2D eigenvalue weighted by molar-refractivity contribution is 5.90. The van der Waals surface area contributed by atoms with Gasteiger partial charge in [0.1, 0.15) is 0 Å². The molecule has 7 nitrogen and oxygen atoms in total. The second-order valence-electron chi connectivity index (χ2n) is 7.28. The minimum absolute atomic E-state index is 0.0144. The summed E-state index contributed by atoms with van der Waals surface area (Å²) in [6, 6.07) is 15.0. The number of nitrogens with zero attached hydrogens (tertiary/aromatic N) is 3. The molecular formula is C21H23N5O2. The fourth-order valence-corrected chi connectivity index (χ4v) is 2.77. The van der Waals surface area contributed by atoms with Gasteiger partial charge in [0.15, 0.2) is 5.82 Å². The highest BCUT2D eigenvalue weighted by atomic mass is 16.5. The number of nitrogens with one attached hydrogen (secondary N) is 2. The lowest BCUT2D eigenvalue weighted by molar-refractivity contribution is 0.0601. The molecule has 0 fully saturated rings.